The van der Waals surface area contributed by atoms with E-state index in [0.29, 0.717) is 30.2 Å². The highest BCUT2D eigenvalue weighted by Gasteiger charge is 2.37. The molecule has 4 rings (SSSR count). The maximum Gasteiger partial charge on any atom is 0.365 e. The first-order valence-electron chi connectivity index (χ1n) is 8.82. The monoisotopic (exact) mass is 369 g/mol. The predicted octanol–water partition coefficient (Wildman–Crippen LogP) is 0.537. The highest BCUT2D eigenvalue weighted by molar-refractivity contribution is 5.92. The summed E-state index contributed by atoms with van der Waals surface area (Å²) >= 11 is 0. The Balaban J connectivity index is 1.47. The lowest BCUT2D eigenvalue weighted by Gasteiger charge is -2.31. The zero-order chi connectivity index (χ0) is 18.8. The summed E-state index contributed by atoms with van der Waals surface area (Å²) in [4.78, 5) is 25.7. The van der Waals surface area contributed by atoms with Gasteiger partial charge in [0, 0.05) is 23.7 Å². The van der Waals surface area contributed by atoms with Gasteiger partial charge in [0.15, 0.2) is 24.1 Å². The minimum absolute atomic E-state index is 0.169. The molecule has 0 saturated carbocycles. The molecule has 2 atom stereocenters. The number of methoxy groups -OCH3 is 1. The van der Waals surface area contributed by atoms with Crippen molar-refractivity contribution in [3.8, 4) is 11.5 Å². The van der Waals surface area contributed by atoms with Crippen LogP contribution in [0.25, 0.3) is 0 Å². The standard InChI is InChI=1S/C20H20N2O5/c1-25-20(24)16-8-13-4-2-3-5-14(13)10-22(16)11-19(23)21-15-6-7-17-18(9-15)27-12-26-17/h2-7,9,16H,8,10-12H2,1H3,(H,21,23)/p+1/t16-/m1/s1. The number of quaternary nitrogens is 1. The van der Waals surface area contributed by atoms with Gasteiger partial charge in [-0.15, -0.1) is 0 Å². The molecule has 0 fully saturated rings. The van der Waals surface area contributed by atoms with Crippen LogP contribution in [0.1, 0.15) is 11.1 Å². The first-order valence-corrected chi connectivity index (χ1v) is 8.82. The molecule has 2 heterocycles. The molecule has 0 aliphatic carbocycles. The zero-order valence-corrected chi connectivity index (χ0v) is 15.0. The van der Waals surface area contributed by atoms with E-state index < -0.39 is 6.04 Å². The minimum Gasteiger partial charge on any atom is -0.465 e. The molecule has 7 heteroatoms. The molecule has 7 nitrogen and oxygen atoms in total. The minimum atomic E-state index is -0.396. The van der Waals surface area contributed by atoms with Crippen molar-refractivity contribution in [1.29, 1.82) is 0 Å². The van der Waals surface area contributed by atoms with Crippen molar-refractivity contribution in [3.63, 3.8) is 0 Å². The second kappa shape index (κ2) is 7.28. The Kier molecular flexibility index (Phi) is 4.68. The molecular weight excluding hydrogens is 348 g/mol. The fourth-order valence-corrected chi connectivity index (χ4v) is 3.62. The predicted molar refractivity (Wildman–Crippen MR) is 96.7 cm³/mol. The van der Waals surface area contributed by atoms with Crippen molar-refractivity contribution in [2.75, 3.05) is 25.8 Å². The number of hydrogen-bond acceptors (Lipinski definition) is 5. The number of fused-ring (bicyclic) bond motifs is 2. The number of carbonyl (C=O) groups is 2. The van der Waals surface area contributed by atoms with Crippen LogP contribution in [0.4, 0.5) is 5.69 Å². The quantitative estimate of drug-likeness (QED) is 0.769. The topological polar surface area (TPSA) is 78.3 Å². The van der Waals surface area contributed by atoms with Gasteiger partial charge in [-0.05, 0) is 17.7 Å². The van der Waals surface area contributed by atoms with Crippen molar-refractivity contribution >= 4 is 17.6 Å². The maximum absolute atomic E-state index is 12.6. The van der Waals surface area contributed by atoms with Gasteiger partial charge in [-0.1, -0.05) is 24.3 Å². The van der Waals surface area contributed by atoms with E-state index >= 15 is 0 Å². The number of benzene rings is 2. The Morgan fingerprint density at radius 3 is 2.74 bits per heavy atom. The van der Waals surface area contributed by atoms with E-state index in [0.717, 1.165) is 16.0 Å². The number of nitrogens with one attached hydrogen (secondary N) is 2. The lowest BCUT2D eigenvalue weighted by Crippen LogP contribution is -3.17. The van der Waals surface area contributed by atoms with Gasteiger partial charge in [0.25, 0.3) is 5.91 Å². The Morgan fingerprint density at radius 1 is 1.15 bits per heavy atom. The molecule has 140 valence electrons. The van der Waals surface area contributed by atoms with Crippen molar-refractivity contribution in [3.05, 3.63) is 53.6 Å². The summed E-state index contributed by atoms with van der Waals surface area (Å²) in [6, 6.07) is 12.9. The average molecular weight is 369 g/mol. The van der Waals surface area contributed by atoms with Gasteiger partial charge < -0.3 is 24.4 Å². The number of esters is 1. The Labute approximate surface area is 156 Å². The van der Waals surface area contributed by atoms with Gasteiger partial charge >= 0.3 is 5.97 Å². The summed E-state index contributed by atoms with van der Waals surface area (Å²) in [5.74, 6) is 0.809. The molecule has 2 aromatic rings. The van der Waals surface area contributed by atoms with Gasteiger partial charge in [-0.3, -0.25) is 4.79 Å². The summed E-state index contributed by atoms with van der Waals surface area (Å²) in [5, 5.41) is 2.87. The van der Waals surface area contributed by atoms with Crippen LogP contribution in [0.2, 0.25) is 0 Å². The highest BCUT2D eigenvalue weighted by Crippen LogP contribution is 2.34. The first-order chi connectivity index (χ1) is 13.1. The van der Waals surface area contributed by atoms with Crippen LogP contribution in [-0.2, 0) is 27.3 Å². The molecule has 2 aliphatic rings. The van der Waals surface area contributed by atoms with E-state index in [4.69, 9.17) is 14.2 Å². The second-order valence-corrected chi connectivity index (χ2v) is 6.68. The molecule has 0 bridgehead atoms. The van der Waals surface area contributed by atoms with Crippen molar-refractivity contribution < 1.29 is 28.7 Å². The SMILES string of the molecule is COC(=O)[C@H]1Cc2ccccc2C[NH+]1CC(=O)Nc1ccc2c(c1)OCO2. The van der Waals surface area contributed by atoms with E-state index in [9.17, 15) is 9.59 Å². The number of hydrogen-bond donors (Lipinski definition) is 2. The fourth-order valence-electron chi connectivity index (χ4n) is 3.62. The number of anilines is 1. The van der Waals surface area contributed by atoms with Crippen LogP contribution in [0.15, 0.2) is 42.5 Å². The normalized spacial score (nSPS) is 19.9. The van der Waals surface area contributed by atoms with Crippen molar-refractivity contribution in [2.24, 2.45) is 0 Å². The second-order valence-electron chi connectivity index (χ2n) is 6.68. The van der Waals surface area contributed by atoms with Crippen molar-refractivity contribution in [2.45, 2.75) is 19.0 Å². The summed E-state index contributed by atoms with van der Waals surface area (Å²) in [6.45, 7) is 0.956. The van der Waals surface area contributed by atoms with Crippen LogP contribution in [0.5, 0.6) is 11.5 Å². The first kappa shape index (κ1) is 17.4. The lowest BCUT2D eigenvalue weighted by molar-refractivity contribution is -0.924. The Bertz CT molecular complexity index is 882. The molecule has 0 radical (unpaired) electrons. The third-order valence-electron chi connectivity index (χ3n) is 4.98. The van der Waals surface area contributed by atoms with Gasteiger partial charge in [-0.25, -0.2) is 4.79 Å². The maximum atomic E-state index is 12.6. The highest BCUT2D eigenvalue weighted by atomic mass is 16.7. The Morgan fingerprint density at radius 2 is 1.93 bits per heavy atom. The van der Waals surface area contributed by atoms with Gasteiger partial charge in [0.1, 0.15) is 6.54 Å². The van der Waals surface area contributed by atoms with Crippen LogP contribution in [-0.4, -0.2) is 38.4 Å². The van der Waals surface area contributed by atoms with Crippen LogP contribution in [0.3, 0.4) is 0 Å². The molecule has 27 heavy (non-hydrogen) atoms. The van der Waals surface area contributed by atoms with Crippen LogP contribution in [0, 0.1) is 0 Å². The molecular formula is C20H21N2O5+. The molecule has 0 aromatic heterocycles. The fraction of sp³-hybridized carbons (Fsp3) is 0.300. The van der Waals surface area contributed by atoms with Crippen molar-refractivity contribution in [1.82, 2.24) is 0 Å². The van der Waals surface area contributed by atoms with Crippen LogP contribution >= 0.6 is 0 Å². The number of amides is 1. The van der Waals surface area contributed by atoms with Gasteiger partial charge in [0.2, 0.25) is 6.79 Å². The third kappa shape index (κ3) is 3.59. The van der Waals surface area contributed by atoms with Gasteiger partial charge in [-0.2, -0.15) is 0 Å². The summed E-state index contributed by atoms with van der Waals surface area (Å²) in [5.41, 5.74) is 2.92. The molecule has 2 aromatic carbocycles. The molecule has 0 saturated heterocycles. The van der Waals surface area contributed by atoms with Gasteiger partial charge in [0.05, 0.1) is 7.11 Å². The van der Waals surface area contributed by atoms with E-state index in [-0.39, 0.29) is 25.2 Å². The summed E-state index contributed by atoms with van der Waals surface area (Å²) in [7, 11) is 1.38. The third-order valence-corrected chi connectivity index (χ3v) is 4.98. The molecule has 2 N–H and O–H groups in total. The molecule has 0 spiro atoms. The van der Waals surface area contributed by atoms with E-state index in [2.05, 4.69) is 5.32 Å². The van der Waals surface area contributed by atoms with E-state index in [1.165, 1.54) is 7.11 Å². The lowest BCUT2D eigenvalue weighted by atomic mass is 9.94. The number of carbonyl (C=O) groups excluding carboxylic acids is 2. The molecule has 1 unspecified atom stereocenters. The largest absolute Gasteiger partial charge is 0.465 e. The molecule has 2 aliphatic heterocycles. The summed E-state index contributed by atoms with van der Waals surface area (Å²) < 4.78 is 15.6. The smallest absolute Gasteiger partial charge is 0.365 e. The van der Waals surface area contributed by atoms with E-state index in [1.807, 2.05) is 24.3 Å². The molecule has 1 amide bonds. The number of rotatable bonds is 4. The number of ether oxygens (including phenoxy) is 3. The zero-order valence-electron chi connectivity index (χ0n) is 15.0. The Hall–Kier alpha value is -3.06. The summed E-state index contributed by atoms with van der Waals surface area (Å²) in [6.07, 6.45) is 0.565. The van der Waals surface area contributed by atoms with Crippen LogP contribution < -0.4 is 19.7 Å². The average Bonchev–Trinajstić information content (AvgIpc) is 3.14. The van der Waals surface area contributed by atoms with E-state index in [1.54, 1.807) is 18.2 Å².